The van der Waals surface area contributed by atoms with E-state index in [1.165, 1.54) is 36.4 Å². The lowest BCUT2D eigenvalue weighted by molar-refractivity contribution is -0.458. The Morgan fingerprint density at radius 2 is 0.567 bits per heavy atom. The van der Waals surface area contributed by atoms with Crippen LogP contribution >= 0.6 is 10.3 Å². The van der Waals surface area contributed by atoms with Crippen LogP contribution in [0.15, 0.2) is 87.5 Å². The van der Waals surface area contributed by atoms with Gasteiger partial charge in [-0.3, -0.25) is 0 Å². The maximum Gasteiger partial charge on any atom is 0.460 e. The van der Waals surface area contributed by atoms with Gasteiger partial charge in [-0.05, 0) is 79.6 Å². The summed E-state index contributed by atoms with van der Waals surface area (Å²) >= 11 is 0. The van der Waals surface area contributed by atoms with Crippen LogP contribution in [0.25, 0.3) is 0 Å². The fourth-order valence-electron chi connectivity index (χ4n) is 5.45. The molecule has 0 saturated heterocycles. The van der Waals surface area contributed by atoms with Gasteiger partial charge in [-0.2, -0.15) is 83.1 Å². The van der Waals surface area contributed by atoms with Crippen molar-refractivity contribution in [3.63, 3.8) is 0 Å². The lowest BCUT2D eigenvalue weighted by atomic mass is 9.87. The quantitative estimate of drug-likeness (QED) is 0.170. The van der Waals surface area contributed by atoms with Gasteiger partial charge in [0, 0.05) is 14.7 Å². The number of benzene rings is 3. The summed E-state index contributed by atoms with van der Waals surface area (Å²) in [4.78, 5) is -1.41. The summed E-state index contributed by atoms with van der Waals surface area (Å²) in [6.45, 7) is 15.3. The van der Waals surface area contributed by atoms with Gasteiger partial charge in [0.25, 0.3) is 0 Å². The van der Waals surface area contributed by atoms with Gasteiger partial charge in [-0.15, -0.1) is 0 Å². The van der Waals surface area contributed by atoms with E-state index in [4.69, 9.17) is 3.63 Å². The van der Waals surface area contributed by atoms with Crippen molar-refractivity contribution < 1.29 is 86.7 Å². The molecule has 0 spiro atoms. The average Bonchev–Trinajstić information content (AvgIpc) is 3.08. The minimum atomic E-state index is -8.99. The van der Waals surface area contributed by atoms with Crippen molar-refractivity contribution in [1.82, 2.24) is 0 Å². The van der Waals surface area contributed by atoms with Gasteiger partial charge in [0.15, 0.2) is 0 Å². The zero-order valence-corrected chi connectivity index (χ0v) is 34.5. The Bertz CT molecular complexity index is 1970. The van der Waals surface area contributed by atoms with E-state index in [0.29, 0.717) is 16.7 Å². The molecule has 3 aromatic carbocycles. The highest BCUT2D eigenvalue weighted by atomic mass is 32.3. The van der Waals surface area contributed by atoms with E-state index < -0.39 is 98.3 Å². The summed E-state index contributed by atoms with van der Waals surface area (Å²) in [5.41, 5.74) is -0.619. The highest BCUT2D eigenvalue weighted by molar-refractivity contribution is 8.33. The fourth-order valence-corrected chi connectivity index (χ4v) is 10.6. The number of hydrogen-bond acceptors (Lipinski definition) is 3. The second-order valence-corrected chi connectivity index (χ2v) is 21.4. The molecule has 0 saturated carbocycles. The fraction of sp³-hybridized carbons (Fsp3) is 0.526. The number of alkyl halides is 17. The van der Waals surface area contributed by atoms with Gasteiger partial charge in [-0.25, -0.2) is 3.63 Å². The van der Waals surface area contributed by atoms with Crippen molar-refractivity contribution >= 4 is 20.4 Å². The summed E-state index contributed by atoms with van der Waals surface area (Å²) in [7, 11) is -12.6. The van der Waals surface area contributed by atoms with Crippen molar-refractivity contribution in [2.75, 3.05) is 0 Å². The molecule has 0 amide bonds. The second-order valence-electron chi connectivity index (χ2n) is 16.9. The summed E-state index contributed by atoms with van der Waals surface area (Å²) in [6, 6.07) is 14.3. The first-order valence-electron chi connectivity index (χ1n) is 17.2. The molecule has 0 atom stereocenters. The van der Waals surface area contributed by atoms with Crippen LogP contribution < -0.4 is 0 Å². The highest BCUT2D eigenvalue weighted by Gasteiger charge is 2.96. The zero-order valence-electron chi connectivity index (χ0n) is 32.9. The number of hydrogen-bond donors (Lipinski definition) is 0. The normalized spacial score (nSPS) is 15.6. The van der Waals surface area contributed by atoms with Crippen LogP contribution in [0.4, 0.5) is 74.6 Å². The van der Waals surface area contributed by atoms with Crippen LogP contribution in [0.1, 0.15) is 79.0 Å². The lowest BCUT2D eigenvalue weighted by Gasteiger charge is -2.44. The molecule has 0 heterocycles. The van der Waals surface area contributed by atoms with Crippen molar-refractivity contribution in [1.29, 1.82) is 0 Å². The molecule has 3 nitrogen and oxygen atoms in total. The summed E-state index contributed by atoms with van der Waals surface area (Å²) in [5.74, 6) is -52.5. The Labute approximate surface area is 336 Å². The van der Waals surface area contributed by atoms with Crippen molar-refractivity contribution in [3.8, 4) is 0 Å². The van der Waals surface area contributed by atoms with Gasteiger partial charge >= 0.3 is 57.1 Å². The molecule has 0 aromatic heterocycles. The third-order valence-electron chi connectivity index (χ3n) is 9.36. The average molecular weight is 931 g/mol. The Morgan fingerprint density at radius 3 is 0.783 bits per heavy atom. The van der Waals surface area contributed by atoms with Crippen LogP contribution in [-0.2, 0) is 30.0 Å². The molecule has 60 heavy (non-hydrogen) atoms. The molecule has 22 heteroatoms. The van der Waals surface area contributed by atoms with E-state index in [1.807, 2.05) is 0 Å². The SMILES string of the molecule is CC(C)(C)c1ccc(S(OS(=O)(=O)C(F)(F)C(F)(F)C(F)(F)C(F)(F)C(F)(F)C(F)(F)C(F)(F)C(F)(F)F)(c2ccc(C(C)(C)C)cc2)c2ccc(C(C)(C)C)cc2)cc1. The third-order valence-corrected chi connectivity index (χ3v) is 14.6. The van der Waals surface area contributed by atoms with E-state index in [2.05, 4.69) is 0 Å². The summed E-state index contributed by atoms with van der Waals surface area (Å²) < 4.78 is 275. The molecule has 0 aliphatic rings. The van der Waals surface area contributed by atoms with Gasteiger partial charge < -0.3 is 0 Å². The first-order valence-corrected chi connectivity index (χ1v) is 20.1. The minimum absolute atomic E-state index is 0.470. The lowest BCUT2D eigenvalue weighted by Crippen LogP contribution is -2.75. The molecular weight excluding hydrogens is 892 g/mol. The van der Waals surface area contributed by atoms with E-state index >= 15 is 17.6 Å². The van der Waals surface area contributed by atoms with Gasteiger partial charge in [0.05, 0.1) is 0 Å². The predicted octanol–water partition coefficient (Wildman–Crippen LogP) is 14.1. The van der Waals surface area contributed by atoms with Gasteiger partial charge in [0.2, 0.25) is 0 Å². The molecule has 0 unspecified atom stereocenters. The van der Waals surface area contributed by atoms with Crippen LogP contribution in [0.3, 0.4) is 0 Å². The zero-order chi connectivity index (χ0) is 47.2. The molecule has 3 rings (SSSR count). The number of halogens is 17. The topological polar surface area (TPSA) is 43.4 Å². The van der Waals surface area contributed by atoms with Crippen LogP contribution in [0.5, 0.6) is 0 Å². The molecule has 0 bridgehead atoms. The van der Waals surface area contributed by atoms with E-state index in [-0.39, 0.29) is 0 Å². The minimum Gasteiger partial charge on any atom is -0.202 e. The first-order chi connectivity index (χ1) is 26.3. The Kier molecular flexibility index (Phi) is 12.7. The van der Waals surface area contributed by atoms with Crippen LogP contribution in [-0.4, -0.2) is 55.4 Å². The van der Waals surface area contributed by atoms with E-state index in [9.17, 15) is 65.5 Å². The Morgan fingerprint density at radius 1 is 0.350 bits per heavy atom. The van der Waals surface area contributed by atoms with E-state index in [0.717, 1.165) is 36.4 Å². The first kappa shape index (κ1) is 51.1. The molecule has 3 aromatic rings. The van der Waals surface area contributed by atoms with Crippen LogP contribution in [0.2, 0.25) is 0 Å². The monoisotopic (exact) mass is 930 g/mol. The molecule has 340 valence electrons. The van der Waals surface area contributed by atoms with Crippen molar-refractivity contribution in [2.24, 2.45) is 0 Å². The third kappa shape index (κ3) is 7.98. The standard InChI is InChI=1S/C38H39F17O3S2/c1-28(2,3)22-10-16-25(17-11-22)59(26-18-12-23(13-19-26)29(4,5)6,27-20-14-24(15-21-27)30(7,8)9)58-60(56,57)38(54,55)36(49,50)34(45,46)32(41,42)31(39,40)33(43,44)35(47,48)37(51,52)53/h10-21H,1-9H3. The largest absolute Gasteiger partial charge is 0.460 e. The van der Waals surface area contributed by atoms with Gasteiger partial charge in [-0.1, -0.05) is 98.7 Å². The van der Waals surface area contributed by atoms with Gasteiger partial charge in [0.1, 0.15) is 0 Å². The summed E-state index contributed by atoms with van der Waals surface area (Å²) in [6.07, 6.45) is -7.94. The molecule has 0 aliphatic carbocycles. The molecule has 0 fully saturated rings. The maximum absolute atomic E-state index is 15.8. The molecule has 0 aliphatic heterocycles. The Balaban J connectivity index is 2.47. The molecular formula is C38H39F17O3S2. The second kappa shape index (κ2) is 14.9. The summed E-state index contributed by atoms with van der Waals surface area (Å²) in [5, 5.41) is -7.90. The maximum atomic E-state index is 15.8. The van der Waals surface area contributed by atoms with Crippen LogP contribution in [0, 0.1) is 0 Å². The van der Waals surface area contributed by atoms with Crippen molar-refractivity contribution in [2.45, 2.75) is 140 Å². The van der Waals surface area contributed by atoms with E-state index in [1.54, 1.807) is 62.3 Å². The molecule has 0 N–H and O–H groups in total. The smallest absolute Gasteiger partial charge is 0.202 e. The highest BCUT2D eigenvalue weighted by Crippen LogP contribution is 2.72. The Hall–Kier alpha value is -3.27. The molecule has 0 radical (unpaired) electrons. The van der Waals surface area contributed by atoms with Crippen molar-refractivity contribution in [3.05, 3.63) is 89.5 Å². The predicted molar refractivity (Wildman–Crippen MR) is 189 cm³/mol. The number of rotatable bonds is 12.